The maximum absolute atomic E-state index is 13.4. The minimum absolute atomic E-state index is 0.177. The van der Waals surface area contributed by atoms with Crippen LogP contribution in [0.4, 0.5) is 10.1 Å². The first-order valence-corrected chi connectivity index (χ1v) is 6.81. The lowest BCUT2D eigenvalue weighted by molar-refractivity contribution is 0.390. The minimum Gasteiger partial charge on any atom is -0.365 e. The van der Waals surface area contributed by atoms with Crippen LogP contribution in [-0.4, -0.2) is 25.7 Å². The third kappa shape index (κ3) is 2.80. The van der Waals surface area contributed by atoms with Crippen molar-refractivity contribution < 1.29 is 4.39 Å². The molecular formula is C13H18BrFN2. The van der Waals surface area contributed by atoms with Gasteiger partial charge in [-0.1, -0.05) is 13.8 Å². The molecule has 1 atom stereocenters. The topological polar surface area (TPSA) is 15.3 Å². The van der Waals surface area contributed by atoms with Crippen LogP contribution in [-0.2, 0) is 0 Å². The first-order valence-electron chi connectivity index (χ1n) is 6.02. The molecular weight excluding hydrogens is 283 g/mol. The zero-order valence-electron chi connectivity index (χ0n) is 10.2. The van der Waals surface area contributed by atoms with Crippen molar-refractivity contribution in [3.8, 4) is 0 Å². The summed E-state index contributed by atoms with van der Waals surface area (Å²) in [7, 11) is 0. The number of halogens is 2. The number of hydrogen-bond acceptors (Lipinski definition) is 2. The van der Waals surface area contributed by atoms with Crippen molar-refractivity contribution in [2.75, 3.05) is 24.5 Å². The molecule has 94 valence electrons. The molecule has 1 aromatic carbocycles. The molecule has 0 bridgehead atoms. The molecule has 4 heteroatoms. The fourth-order valence-corrected chi connectivity index (χ4v) is 2.80. The highest BCUT2D eigenvalue weighted by atomic mass is 79.9. The lowest BCUT2D eigenvalue weighted by Gasteiger charge is -2.40. The van der Waals surface area contributed by atoms with Crippen LogP contribution < -0.4 is 10.2 Å². The molecule has 1 unspecified atom stereocenters. The summed E-state index contributed by atoms with van der Waals surface area (Å²) in [5, 5.41) is 3.40. The Bertz CT molecular complexity index is 395. The monoisotopic (exact) mass is 300 g/mol. The van der Waals surface area contributed by atoms with Gasteiger partial charge in [-0.15, -0.1) is 0 Å². The van der Waals surface area contributed by atoms with Crippen molar-refractivity contribution in [3.05, 3.63) is 28.5 Å². The first-order chi connectivity index (χ1) is 8.09. The van der Waals surface area contributed by atoms with Crippen molar-refractivity contribution in [2.45, 2.75) is 19.9 Å². The van der Waals surface area contributed by atoms with Gasteiger partial charge in [0.25, 0.3) is 0 Å². The highest BCUT2D eigenvalue weighted by Crippen LogP contribution is 2.30. The number of benzene rings is 1. The van der Waals surface area contributed by atoms with Crippen molar-refractivity contribution in [1.82, 2.24) is 5.32 Å². The Morgan fingerprint density at radius 3 is 2.94 bits per heavy atom. The number of piperazine rings is 1. The molecule has 2 nitrogen and oxygen atoms in total. The Kier molecular flexibility index (Phi) is 4.05. The van der Waals surface area contributed by atoms with E-state index in [2.05, 4.69) is 40.0 Å². The molecule has 0 radical (unpaired) electrons. The minimum atomic E-state index is -0.177. The van der Waals surface area contributed by atoms with Gasteiger partial charge in [-0.25, -0.2) is 4.39 Å². The van der Waals surface area contributed by atoms with E-state index >= 15 is 0 Å². The standard InChI is InChI=1S/C13H18BrFN2/c1-9(2)13-8-16-5-6-17(13)12-7-10(15)3-4-11(12)14/h3-4,7,9,13,16H,5-6,8H2,1-2H3. The third-order valence-corrected chi connectivity index (χ3v) is 3.94. The van der Waals surface area contributed by atoms with Gasteiger partial charge >= 0.3 is 0 Å². The molecule has 1 aromatic rings. The van der Waals surface area contributed by atoms with Crippen molar-refractivity contribution >= 4 is 21.6 Å². The van der Waals surface area contributed by atoms with E-state index in [4.69, 9.17) is 0 Å². The van der Waals surface area contributed by atoms with Crippen molar-refractivity contribution in [2.24, 2.45) is 5.92 Å². The summed E-state index contributed by atoms with van der Waals surface area (Å²) in [6.07, 6.45) is 0. The molecule has 0 aliphatic carbocycles. The highest BCUT2D eigenvalue weighted by molar-refractivity contribution is 9.10. The van der Waals surface area contributed by atoms with Crippen LogP contribution in [0.5, 0.6) is 0 Å². The van der Waals surface area contributed by atoms with E-state index < -0.39 is 0 Å². The van der Waals surface area contributed by atoms with Gasteiger partial charge in [0.1, 0.15) is 5.82 Å². The molecule has 1 heterocycles. The van der Waals surface area contributed by atoms with Gasteiger partial charge in [-0.2, -0.15) is 0 Å². The van der Waals surface area contributed by atoms with Crippen LogP contribution >= 0.6 is 15.9 Å². The average Bonchev–Trinajstić information content (AvgIpc) is 2.32. The van der Waals surface area contributed by atoms with Crippen LogP contribution in [0.3, 0.4) is 0 Å². The van der Waals surface area contributed by atoms with E-state index in [9.17, 15) is 4.39 Å². The van der Waals surface area contributed by atoms with E-state index in [1.807, 2.05) is 0 Å². The summed E-state index contributed by atoms with van der Waals surface area (Å²) in [5.74, 6) is 0.363. The summed E-state index contributed by atoms with van der Waals surface area (Å²) < 4.78 is 14.3. The smallest absolute Gasteiger partial charge is 0.125 e. The van der Waals surface area contributed by atoms with Gasteiger partial charge in [0, 0.05) is 30.1 Å². The van der Waals surface area contributed by atoms with Gasteiger partial charge < -0.3 is 10.2 Å². The SMILES string of the molecule is CC(C)C1CNCCN1c1cc(F)ccc1Br. The summed E-state index contributed by atoms with van der Waals surface area (Å²) in [6.45, 7) is 7.24. The Hall–Kier alpha value is -0.610. The summed E-state index contributed by atoms with van der Waals surface area (Å²) in [5.41, 5.74) is 0.963. The molecule has 1 aliphatic heterocycles. The van der Waals surface area contributed by atoms with Crippen molar-refractivity contribution in [1.29, 1.82) is 0 Å². The molecule has 1 N–H and O–H groups in total. The van der Waals surface area contributed by atoms with E-state index in [1.54, 1.807) is 12.1 Å². The number of nitrogens with zero attached hydrogens (tertiary/aromatic N) is 1. The van der Waals surface area contributed by atoms with Crippen LogP contribution in [0.2, 0.25) is 0 Å². The van der Waals surface area contributed by atoms with Gasteiger partial charge in [0.05, 0.1) is 5.69 Å². The van der Waals surface area contributed by atoms with Crippen LogP contribution in [0.25, 0.3) is 0 Å². The maximum Gasteiger partial charge on any atom is 0.125 e. The molecule has 0 spiro atoms. The van der Waals surface area contributed by atoms with E-state index in [-0.39, 0.29) is 5.82 Å². The van der Waals surface area contributed by atoms with E-state index in [0.29, 0.717) is 12.0 Å². The van der Waals surface area contributed by atoms with Crippen LogP contribution in [0.15, 0.2) is 22.7 Å². The van der Waals surface area contributed by atoms with Gasteiger partial charge in [0.2, 0.25) is 0 Å². The largest absolute Gasteiger partial charge is 0.365 e. The second-order valence-electron chi connectivity index (χ2n) is 4.80. The highest BCUT2D eigenvalue weighted by Gasteiger charge is 2.26. The van der Waals surface area contributed by atoms with Crippen LogP contribution in [0.1, 0.15) is 13.8 Å². The predicted octanol–water partition coefficient (Wildman–Crippen LogP) is 3.02. The van der Waals surface area contributed by atoms with Crippen LogP contribution in [0, 0.1) is 11.7 Å². The number of hydrogen-bond donors (Lipinski definition) is 1. The fraction of sp³-hybridized carbons (Fsp3) is 0.538. The molecule has 0 amide bonds. The predicted molar refractivity (Wildman–Crippen MR) is 72.9 cm³/mol. The Morgan fingerprint density at radius 1 is 1.47 bits per heavy atom. The second-order valence-corrected chi connectivity index (χ2v) is 5.66. The Balaban J connectivity index is 2.32. The quantitative estimate of drug-likeness (QED) is 0.903. The molecule has 0 aromatic heterocycles. The van der Waals surface area contributed by atoms with E-state index in [1.165, 1.54) is 6.07 Å². The average molecular weight is 301 g/mol. The first kappa shape index (κ1) is 12.8. The van der Waals surface area contributed by atoms with Crippen molar-refractivity contribution in [3.63, 3.8) is 0 Å². The lowest BCUT2D eigenvalue weighted by atomic mass is 10.00. The zero-order valence-corrected chi connectivity index (χ0v) is 11.8. The summed E-state index contributed by atoms with van der Waals surface area (Å²) >= 11 is 3.51. The summed E-state index contributed by atoms with van der Waals surface area (Å²) in [6, 6.07) is 5.30. The molecule has 1 saturated heterocycles. The second kappa shape index (κ2) is 5.36. The molecule has 1 aliphatic rings. The normalized spacial score (nSPS) is 21.0. The number of nitrogens with one attached hydrogen (secondary N) is 1. The van der Waals surface area contributed by atoms with Gasteiger partial charge in [-0.05, 0) is 40.0 Å². The molecule has 2 rings (SSSR count). The van der Waals surface area contributed by atoms with Gasteiger partial charge in [0.15, 0.2) is 0 Å². The molecule has 17 heavy (non-hydrogen) atoms. The summed E-state index contributed by atoms with van der Waals surface area (Å²) in [4.78, 5) is 2.30. The maximum atomic E-state index is 13.4. The van der Waals surface area contributed by atoms with Gasteiger partial charge in [-0.3, -0.25) is 0 Å². The Morgan fingerprint density at radius 2 is 2.24 bits per heavy atom. The molecule has 0 saturated carbocycles. The zero-order chi connectivity index (χ0) is 12.4. The molecule has 1 fully saturated rings. The number of anilines is 1. The fourth-order valence-electron chi connectivity index (χ4n) is 2.33. The Labute approximate surface area is 110 Å². The lowest BCUT2D eigenvalue weighted by Crippen LogP contribution is -2.53. The van der Waals surface area contributed by atoms with E-state index in [0.717, 1.165) is 29.8 Å². The number of rotatable bonds is 2. The third-order valence-electron chi connectivity index (χ3n) is 3.27.